The maximum atomic E-state index is 9.06. The minimum absolute atomic E-state index is 0.321. The van der Waals surface area contributed by atoms with Crippen LogP contribution in [0.1, 0.15) is 103 Å². The number of hydrogen-bond acceptors (Lipinski definition) is 2. The molecule has 1 unspecified atom stereocenters. The summed E-state index contributed by atoms with van der Waals surface area (Å²) in [5, 5.41) is 9.06. The van der Waals surface area contributed by atoms with Crippen LogP contribution in [0.2, 0.25) is 0 Å². The summed E-state index contributed by atoms with van der Waals surface area (Å²) in [5.41, 5.74) is 0. The largest absolute Gasteiger partial charge is 0.396 e. The lowest BCUT2D eigenvalue weighted by molar-refractivity contribution is 0.198. The lowest BCUT2D eigenvalue weighted by Gasteiger charge is -2.23. The molecule has 0 rings (SSSR count). The quantitative estimate of drug-likeness (QED) is 0.344. The van der Waals surface area contributed by atoms with Gasteiger partial charge in [0.05, 0.1) is 0 Å². The molecule has 0 heterocycles. The van der Waals surface area contributed by atoms with E-state index in [9.17, 15) is 0 Å². The van der Waals surface area contributed by atoms with Gasteiger partial charge in [-0.2, -0.15) is 0 Å². The lowest BCUT2D eigenvalue weighted by Crippen LogP contribution is -2.28. The Balaban J connectivity index is 3.19. The van der Waals surface area contributed by atoms with Gasteiger partial charge in [-0.1, -0.05) is 90.4 Å². The van der Waals surface area contributed by atoms with Gasteiger partial charge in [-0.3, -0.25) is 0 Å². The maximum Gasteiger partial charge on any atom is 0.0445 e. The van der Waals surface area contributed by atoms with Crippen LogP contribution in [0.25, 0.3) is 0 Å². The predicted octanol–water partition coefficient (Wildman–Crippen LogP) is 5.78. The van der Waals surface area contributed by atoms with Crippen molar-refractivity contribution >= 4 is 0 Å². The predicted molar refractivity (Wildman–Crippen MR) is 99.5 cm³/mol. The van der Waals surface area contributed by atoms with Crippen molar-refractivity contribution in [2.45, 2.75) is 109 Å². The zero-order valence-electron chi connectivity index (χ0n) is 15.8. The van der Waals surface area contributed by atoms with E-state index in [0.717, 1.165) is 6.42 Å². The van der Waals surface area contributed by atoms with E-state index in [0.29, 0.717) is 12.6 Å². The second kappa shape index (κ2) is 17.3. The van der Waals surface area contributed by atoms with Gasteiger partial charge in [0, 0.05) is 12.6 Å². The molecule has 0 spiro atoms. The Labute approximate surface area is 140 Å². The molecule has 0 aliphatic carbocycles. The Morgan fingerprint density at radius 3 is 1.41 bits per heavy atom. The molecular formula is C20H43NO. The molecule has 0 saturated heterocycles. The van der Waals surface area contributed by atoms with Gasteiger partial charge in [0.15, 0.2) is 0 Å². The first-order valence-corrected chi connectivity index (χ1v) is 9.99. The minimum Gasteiger partial charge on any atom is -0.396 e. The first kappa shape index (κ1) is 21.9. The third-order valence-electron chi connectivity index (χ3n) is 4.83. The fraction of sp³-hybridized carbons (Fsp3) is 1.00. The van der Waals surface area contributed by atoms with Gasteiger partial charge >= 0.3 is 0 Å². The third kappa shape index (κ3) is 14.8. The first-order chi connectivity index (χ1) is 10.7. The van der Waals surface area contributed by atoms with E-state index in [2.05, 4.69) is 25.9 Å². The Morgan fingerprint density at radius 1 is 0.636 bits per heavy atom. The van der Waals surface area contributed by atoms with Gasteiger partial charge in [-0.15, -0.1) is 0 Å². The van der Waals surface area contributed by atoms with Crippen molar-refractivity contribution in [1.29, 1.82) is 0 Å². The molecule has 0 aliphatic rings. The highest BCUT2D eigenvalue weighted by Gasteiger charge is 2.09. The van der Waals surface area contributed by atoms with Crippen molar-refractivity contribution in [2.75, 3.05) is 20.7 Å². The number of nitrogens with zero attached hydrogens (tertiary/aromatic N) is 1. The van der Waals surface area contributed by atoms with Crippen LogP contribution < -0.4 is 0 Å². The molecular weight excluding hydrogens is 270 g/mol. The molecule has 0 bridgehead atoms. The molecule has 0 fully saturated rings. The molecule has 134 valence electrons. The summed E-state index contributed by atoms with van der Waals surface area (Å²) in [6.07, 6.45) is 20.6. The summed E-state index contributed by atoms with van der Waals surface area (Å²) in [6, 6.07) is 0.567. The van der Waals surface area contributed by atoms with Crippen molar-refractivity contribution in [1.82, 2.24) is 4.90 Å². The zero-order chi connectivity index (χ0) is 16.5. The van der Waals surface area contributed by atoms with Gasteiger partial charge in [0.1, 0.15) is 0 Å². The van der Waals surface area contributed by atoms with Crippen LogP contribution in [0.15, 0.2) is 0 Å². The van der Waals surface area contributed by atoms with Crippen LogP contribution in [-0.4, -0.2) is 36.8 Å². The van der Waals surface area contributed by atoms with E-state index >= 15 is 0 Å². The average molecular weight is 314 g/mol. The van der Waals surface area contributed by atoms with E-state index in [4.69, 9.17) is 5.11 Å². The van der Waals surface area contributed by atoms with Crippen LogP contribution in [0.5, 0.6) is 0 Å². The molecule has 22 heavy (non-hydrogen) atoms. The van der Waals surface area contributed by atoms with Gasteiger partial charge in [-0.25, -0.2) is 0 Å². The number of hydrogen-bond donors (Lipinski definition) is 1. The van der Waals surface area contributed by atoms with Gasteiger partial charge < -0.3 is 10.0 Å². The number of unbranched alkanes of at least 4 members (excludes halogenated alkanes) is 12. The van der Waals surface area contributed by atoms with Crippen molar-refractivity contribution in [3.63, 3.8) is 0 Å². The molecule has 1 N–H and O–H groups in total. The number of aliphatic hydroxyl groups excluding tert-OH is 1. The Kier molecular flexibility index (Phi) is 17.2. The van der Waals surface area contributed by atoms with E-state index in [1.54, 1.807) is 0 Å². The molecule has 2 nitrogen and oxygen atoms in total. The molecule has 0 saturated carbocycles. The fourth-order valence-corrected chi connectivity index (χ4v) is 3.21. The smallest absolute Gasteiger partial charge is 0.0445 e. The summed E-state index contributed by atoms with van der Waals surface area (Å²) >= 11 is 0. The SMILES string of the molecule is CCCCCCCCCCCCCCCC(CCO)N(C)C. The highest BCUT2D eigenvalue weighted by Crippen LogP contribution is 2.15. The molecule has 2 heteroatoms. The molecule has 1 atom stereocenters. The van der Waals surface area contributed by atoms with E-state index in [-0.39, 0.29) is 0 Å². The Morgan fingerprint density at radius 2 is 1.05 bits per heavy atom. The average Bonchev–Trinajstić information content (AvgIpc) is 2.50. The third-order valence-corrected chi connectivity index (χ3v) is 4.83. The van der Waals surface area contributed by atoms with E-state index < -0.39 is 0 Å². The highest BCUT2D eigenvalue weighted by molar-refractivity contribution is 4.65. The second-order valence-corrected chi connectivity index (χ2v) is 7.16. The highest BCUT2D eigenvalue weighted by atomic mass is 16.3. The number of aliphatic hydroxyl groups is 1. The fourth-order valence-electron chi connectivity index (χ4n) is 3.21. The molecule has 0 aliphatic heterocycles. The van der Waals surface area contributed by atoms with Crippen LogP contribution >= 0.6 is 0 Å². The summed E-state index contributed by atoms with van der Waals surface area (Å²) in [5.74, 6) is 0. The standard InChI is InChI=1S/C20H43NO/c1-4-5-6-7-8-9-10-11-12-13-14-15-16-17-20(18-19-22)21(2)3/h20,22H,4-19H2,1-3H3. The van der Waals surface area contributed by atoms with Crippen molar-refractivity contribution in [3.05, 3.63) is 0 Å². The minimum atomic E-state index is 0.321. The topological polar surface area (TPSA) is 23.5 Å². The summed E-state index contributed by atoms with van der Waals surface area (Å²) in [7, 11) is 4.26. The van der Waals surface area contributed by atoms with Crippen LogP contribution in [0.4, 0.5) is 0 Å². The summed E-state index contributed by atoms with van der Waals surface area (Å²) < 4.78 is 0. The second-order valence-electron chi connectivity index (χ2n) is 7.16. The van der Waals surface area contributed by atoms with Crippen molar-refractivity contribution in [3.8, 4) is 0 Å². The Hall–Kier alpha value is -0.0800. The molecule has 0 aromatic heterocycles. The van der Waals surface area contributed by atoms with Crippen LogP contribution in [0.3, 0.4) is 0 Å². The van der Waals surface area contributed by atoms with Gasteiger partial charge in [0.25, 0.3) is 0 Å². The normalized spacial score (nSPS) is 13.0. The monoisotopic (exact) mass is 313 g/mol. The Bertz CT molecular complexity index is 206. The maximum absolute atomic E-state index is 9.06. The molecule has 0 aromatic carbocycles. The molecule has 0 aromatic rings. The number of rotatable bonds is 17. The summed E-state index contributed by atoms with van der Waals surface area (Å²) in [4.78, 5) is 2.26. The van der Waals surface area contributed by atoms with Crippen LogP contribution in [0, 0.1) is 0 Å². The summed E-state index contributed by atoms with van der Waals surface area (Å²) in [6.45, 7) is 2.61. The first-order valence-electron chi connectivity index (χ1n) is 9.99. The van der Waals surface area contributed by atoms with Gasteiger partial charge in [0.2, 0.25) is 0 Å². The van der Waals surface area contributed by atoms with Gasteiger partial charge in [-0.05, 0) is 26.9 Å². The van der Waals surface area contributed by atoms with Crippen LogP contribution in [-0.2, 0) is 0 Å². The molecule has 0 amide bonds. The van der Waals surface area contributed by atoms with Crippen molar-refractivity contribution in [2.24, 2.45) is 0 Å². The lowest BCUT2D eigenvalue weighted by atomic mass is 10.0. The molecule has 0 radical (unpaired) electrons. The zero-order valence-corrected chi connectivity index (χ0v) is 15.8. The van der Waals surface area contributed by atoms with E-state index in [1.807, 2.05) is 0 Å². The van der Waals surface area contributed by atoms with E-state index in [1.165, 1.54) is 89.9 Å². The van der Waals surface area contributed by atoms with Crippen molar-refractivity contribution < 1.29 is 5.11 Å².